The molecule has 92 valence electrons. The number of amides is 1. The van der Waals surface area contributed by atoms with Crippen LogP contribution in [0, 0.1) is 5.41 Å². The summed E-state index contributed by atoms with van der Waals surface area (Å²) in [7, 11) is 1.78. The number of carbonyl (C=O) groups excluding carboxylic acids is 1. The highest BCUT2D eigenvalue weighted by atomic mass is 16.2. The average molecular weight is 233 g/mol. The molecule has 1 amide bonds. The summed E-state index contributed by atoms with van der Waals surface area (Å²) < 4.78 is 0. The molecule has 0 saturated carbocycles. The molecule has 1 fully saturated rings. The zero-order valence-corrected chi connectivity index (χ0v) is 10.7. The summed E-state index contributed by atoms with van der Waals surface area (Å²) in [4.78, 5) is 18.4. The summed E-state index contributed by atoms with van der Waals surface area (Å²) in [6.07, 6.45) is 2.75. The van der Waals surface area contributed by atoms with Crippen molar-refractivity contribution in [3.63, 3.8) is 0 Å². The van der Waals surface area contributed by atoms with Gasteiger partial charge in [0.05, 0.1) is 5.56 Å². The van der Waals surface area contributed by atoms with Gasteiger partial charge in [-0.15, -0.1) is 0 Å². The molecular formula is C13H19N3O. The van der Waals surface area contributed by atoms with Crippen molar-refractivity contribution in [2.24, 2.45) is 5.41 Å². The number of anilines is 1. The van der Waals surface area contributed by atoms with Crippen LogP contribution >= 0.6 is 0 Å². The summed E-state index contributed by atoms with van der Waals surface area (Å²) in [5.41, 5.74) is 0.894. The number of hydrogen-bond acceptors (Lipinski definition) is 3. The van der Waals surface area contributed by atoms with Crippen LogP contribution in [0.3, 0.4) is 0 Å². The van der Waals surface area contributed by atoms with Crippen molar-refractivity contribution in [2.45, 2.75) is 20.3 Å². The molecule has 1 aromatic heterocycles. The van der Waals surface area contributed by atoms with Crippen molar-refractivity contribution in [1.29, 1.82) is 0 Å². The van der Waals surface area contributed by atoms with E-state index >= 15 is 0 Å². The highest BCUT2D eigenvalue weighted by Crippen LogP contribution is 2.30. The van der Waals surface area contributed by atoms with Gasteiger partial charge in [-0.1, -0.05) is 13.8 Å². The van der Waals surface area contributed by atoms with Gasteiger partial charge in [0.2, 0.25) is 0 Å². The second-order valence-electron chi connectivity index (χ2n) is 5.29. The Morgan fingerprint density at radius 2 is 2.29 bits per heavy atom. The van der Waals surface area contributed by atoms with E-state index in [2.05, 4.69) is 24.1 Å². The van der Waals surface area contributed by atoms with Gasteiger partial charge in [0.15, 0.2) is 0 Å². The third-order valence-corrected chi connectivity index (χ3v) is 3.24. The first kappa shape index (κ1) is 11.9. The highest BCUT2D eigenvalue weighted by molar-refractivity contribution is 5.98. The Balaban J connectivity index is 2.20. The lowest BCUT2D eigenvalue weighted by Crippen LogP contribution is -2.30. The maximum Gasteiger partial charge on any atom is 0.257 e. The number of hydrogen-bond donors (Lipinski definition) is 1. The second kappa shape index (κ2) is 4.35. The van der Waals surface area contributed by atoms with E-state index in [-0.39, 0.29) is 11.3 Å². The van der Waals surface area contributed by atoms with Crippen molar-refractivity contribution < 1.29 is 4.79 Å². The number of rotatable bonds is 2. The highest BCUT2D eigenvalue weighted by Gasteiger charge is 2.33. The zero-order valence-electron chi connectivity index (χ0n) is 10.7. The molecule has 0 aromatic carbocycles. The topological polar surface area (TPSA) is 45.2 Å². The fourth-order valence-corrected chi connectivity index (χ4v) is 2.23. The van der Waals surface area contributed by atoms with Gasteiger partial charge in [0, 0.05) is 26.3 Å². The molecule has 1 aromatic rings. The molecule has 0 spiro atoms. The van der Waals surface area contributed by atoms with Crippen LogP contribution in [0.5, 0.6) is 0 Å². The van der Waals surface area contributed by atoms with Crippen molar-refractivity contribution in [1.82, 2.24) is 9.88 Å². The van der Waals surface area contributed by atoms with E-state index in [0.717, 1.165) is 19.5 Å². The summed E-state index contributed by atoms with van der Waals surface area (Å²) in [5.74, 6) is 0.732. The van der Waals surface area contributed by atoms with Crippen LogP contribution < -0.4 is 5.32 Å². The molecule has 2 heterocycles. The van der Waals surface area contributed by atoms with Crippen LogP contribution in [0.4, 0.5) is 5.82 Å². The average Bonchev–Trinajstić information content (AvgIpc) is 2.68. The molecule has 0 radical (unpaired) electrons. The van der Waals surface area contributed by atoms with Crippen molar-refractivity contribution in [2.75, 3.05) is 25.5 Å². The number of nitrogens with zero attached hydrogens (tertiary/aromatic N) is 2. The molecule has 17 heavy (non-hydrogen) atoms. The summed E-state index contributed by atoms with van der Waals surface area (Å²) in [6, 6.07) is 3.63. The van der Waals surface area contributed by atoms with Gasteiger partial charge in [0.25, 0.3) is 5.91 Å². The van der Waals surface area contributed by atoms with Crippen LogP contribution in [-0.2, 0) is 0 Å². The Morgan fingerprint density at radius 1 is 1.53 bits per heavy atom. The van der Waals surface area contributed by atoms with E-state index < -0.39 is 0 Å². The van der Waals surface area contributed by atoms with Gasteiger partial charge >= 0.3 is 0 Å². The predicted octanol–water partition coefficient (Wildman–Crippen LogP) is 2.00. The third kappa shape index (κ3) is 2.40. The lowest BCUT2D eigenvalue weighted by molar-refractivity contribution is 0.0779. The number of likely N-dealkylation sites (tertiary alicyclic amines) is 1. The molecule has 4 nitrogen and oxygen atoms in total. The van der Waals surface area contributed by atoms with Crippen LogP contribution in [-0.4, -0.2) is 35.9 Å². The van der Waals surface area contributed by atoms with E-state index in [4.69, 9.17) is 0 Å². The number of carbonyl (C=O) groups is 1. The maximum atomic E-state index is 12.4. The van der Waals surface area contributed by atoms with Gasteiger partial charge in [-0.3, -0.25) is 4.79 Å². The summed E-state index contributed by atoms with van der Waals surface area (Å²) >= 11 is 0. The predicted molar refractivity (Wildman–Crippen MR) is 68.1 cm³/mol. The van der Waals surface area contributed by atoms with Crippen LogP contribution in [0.2, 0.25) is 0 Å². The molecule has 1 aliphatic heterocycles. The number of pyridine rings is 1. The largest absolute Gasteiger partial charge is 0.372 e. The SMILES string of the molecule is CNc1ncccc1C(=O)N1CCC(C)(C)C1. The van der Waals surface area contributed by atoms with Crippen LogP contribution in [0.15, 0.2) is 18.3 Å². The quantitative estimate of drug-likeness (QED) is 0.849. The molecule has 0 atom stereocenters. The van der Waals surface area contributed by atoms with E-state index in [1.54, 1.807) is 19.3 Å². The first-order valence-electron chi connectivity index (χ1n) is 5.95. The Labute approximate surface area is 102 Å². The lowest BCUT2D eigenvalue weighted by atomic mass is 9.93. The first-order chi connectivity index (χ1) is 8.03. The normalized spacial score (nSPS) is 18.2. The van der Waals surface area contributed by atoms with Crippen LogP contribution in [0.1, 0.15) is 30.6 Å². The fourth-order valence-electron chi connectivity index (χ4n) is 2.23. The second-order valence-corrected chi connectivity index (χ2v) is 5.29. The number of aromatic nitrogens is 1. The first-order valence-corrected chi connectivity index (χ1v) is 5.95. The van der Waals surface area contributed by atoms with Gasteiger partial charge in [-0.2, -0.15) is 0 Å². The monoisotopic (exact) mass is 233 g/mol. The maximum absolute atomic E-state index is 12.4. The molecule has 0 unspecified atom stereocenters. The van der Waals surface area contributed by atoms with E-state index in [1.165, 1.54) is 0 Å². The molecule has 1 saturated heterocycles. The fraction of sp³-hybridized carbons (Fsp3) is 0.538. The van der Waals surface area contributed by atoms with Crippen molar-refractivity contribution in [3.8, 4) is 0 Å². The zero-order chi connectivity index (χ0) is 12.5. The lowest BCUT2D eigenvalue weighted by Gasteiger charge is -2.20. The van der Waals surface area contributed by atoms with Crippen LogP contribution in [0.25, 0.3) is 0 Å². The van der Waals surface area contributed by atoms with Gasteiger partial charge in [-0.05, 0) is 24.0 Å². The minimum atomic E-state index is 0.0769. The Morgan fingerprint density at radius 3 is 2.88 bits per heavy atom. The summed E-state index contributed by atoms with van der Waals surface area (Å²) in [6.45, 7) is 6.05. The third-order valence-electron chi connectivity index (χ3n) is 3.24. The van der Waals surface area contributed by atoms with E-state index in [0.29, 0.717) is 11.4 Å². The van der Waals surface area contributed by atoms with Crippen molar-refractivity contribution in [3.05, 3.63) is 23.9 Å². The molecule has 1 aliphatic rings. The Bertz CT molecular complexity index is 428. The standard InChI is InChI=1S/C13H19N3O/c1-13(2)6-8-16(9-13)12(17)10-5-4-7-15-11(10)14-3/h4-5,7H,6,8-9H2,1-3H3,(H,14,15). The Kier molecular flexibility index (Phi) is 3.05. The smallest absolute Gasteiger partial charge is 0.257 e. The molecular weight excluding hydrogens is 214 g/mol. The molecule has 0 aliphatic carbocycles. The number of nitrogens with one attached hydrogen (secondary N) is 1. The molecule has 2 rings (SSSR count). The Hall–Kier alpha value is -1.58. The minimum absolute atomic E-state index is 0.0769. The summed E-state index contributed by atoms with van der Waals surface area (Å²) in [5, 5.41) is 2.96. The molecule has 1 N–H and O–H groups in total. The van der Waals surface area contributed by atoms with Gasteiger partial charge in [-0.25, -0.2) is 4.98 Å². The molecule has 0 bridgehead atoms. The van der Waals surface area contributed by atoms with Gasteiger partial charge in [0.1, 0.15) is 5.82 Å². The van der Waals surface area contributed by atoms with E-state index in [9.17, 15) is 4.79 Å². The molecule has 4 heteroatoms. The van der Waals surface area contributed by atoms with Crippen molar-refractivity contribution >= 4 is 11.7 Å². The van der Waals surface area contributed by atoms with E-state index in [1.807, 2.05) is 11.0 Å². The minimum Gasteiger partial charge on any atom is -0.372 e. The van der Waals surface area contributed by atoms with Gasteiger partial charge < -0.3 is 10.2 Å².